The van der Waals surface area contributed by atoms with E-state index in [4.69, 9.17) is 9.47 Å². The fourth-order valence-corrected chi connectivity index (χ4v) is 4.50. The molecule has 0 saturated carbocycles. The number of ether oxygens (including phenoxy) is 2. The van der Waals surface area contributed by atoms with E-state index in [2.05, 4.69) is 4.72 Å². The lowest BCUT2D eigenvalue weighted by molar-refractivity contribution is -0.117. The summed E-state index contributed by atoms with van der Waals surface area (Å²) in [6.07, 6.45) is 1.16. The predicted octanol–water partition coefficient (Wildman–Crippen LogP) is 4.42. The number of benzene rings is 3. The predicted molar refractivity (Wildman–Crippen MR) is 118 cm³/mol. The van der Waals surface area contributed by atoms with Crippen molar-refractivity contribution < 1.29 is 22.7 Å². The van der Waals surface area contributed by atoms with Crippen LogP contribution in [0.3, 0.4) is 0 Å². The first-order valence-corrected chi connectivity index (χ1v) is 11.3. The molecule has 0 unspecified atom stereocenters. The van der Waals surface area contributed by atoms with Gasteiger partial charge in [-0.2, -0.15) is 0 Å². The highest BCUT2D eigenvalue weighted by atomic mass is 32.2. The lowest BCUT2D eigenvalue weighted by Gasteiger charge is -2.20. The average Bonchev–Trinajstić information content (AvgIpc) is 3.21. The van der Waals surface area contributed by atoms with Crippen molar-refractivity contribution >= 4 is 27.3 Å². The third-order valence-electron chi connectivity index (χ3n) is 4.93. The van der Waals surface area contributed by atoms with Gasteiger partial charge in [0.05, 0.1) is 23.4 Å². The number of carbonyl (C=O) groups is 1. The molecule has 1 saturated heterocycles. The SMILES string of the molecule is COc1ccc(S(=O)(=O)Nc2ccccc2Oc2ccccc2)cc1N1CCCC1=O. The molecule has 0 atom stereocenters. The zero-order valence-corrected chi connectivity index (χ0v) is 17.8. The number of nitrogens with one attached hydrogen (secondary N) is 1. The topological polar surface area (TPSA) is 84.9 Å². The van der Waals surface area contributed by atoms with E-state index < -0.39 is 10.0 Å². The number of methoxy groups -OCH3 is 1. The maximum absolute atomic E-state index is 13.1. The quantitative estimate of drug-likeness (QED) is 0.590. The summed E-state index contributed by atoms with van der Waals surface area (Å²) in [4.78, 5) is 13.8. The van der Waals surface area contributed by atoms with Crippen LogP contribution >= 0.6 is 0 Å². The Morgan fingerprint density at radius 2 is 1.68 bits per heavy atom. The fourth-order valence-electron chi connectivity index (χ4n) is 3.41. The van der Waals surface area contributed by atoms with E-state index in [1.54, 1.807) is 47.4 Å². The van der Waals surface area contributed by atoms with Crippen molar-refractivity contribution in [2.75, 3.05) is 23.3 Å². The van der Waals surface area contributed by atoms with Crippen LogP contribution in [0.15, 0.2) is 77.7 Å². The maximum Gasteiger partial charge on any atom is 0.262 e. The molecule has 1 amide bonds. The lowest BCUT2D eigenvalue weighted by atomic mass is 10.2. The number of anilines is 2. The number of sulfonamides is 1. The summed E-state index contributed by atoms with van der Waals surface area (Å²) >= 11 is 0. The van der Waals surface area contributed by atoms with Crippen molar-refractivity contribution in [2.45, 2.75) is 17.7 Å². The Bertz CT molecular complexity index is 1200. The van der Waals surface area contributed by atoms with Crippen molar-refractivity contribution in [1.29, 1.82) is 0 Å². The molecule has 1 heterocycles. The second-order valence-corrected chi connectivity index (χ2v) is 8.68. The van der Waals surface area contributed by atoms with Crippen molar-refractivity contribution in [3.63, 3.8) is 0 Å². The number of hydrogen-bond acceptors (Lipinski definition) is 5. The van der Waals surface area contributed by atoms with E-state index in [0.717, 1.165) is 6.42 Å². The number of amides is 1. The molecule has 0 bridgehead atoms. The van der Waals surface area contributed by atoms with Crippen LogP contribution in [0.1, 0.15) is 12.8 Å². The van der Waals surface area contributed by atoms with Crippen LogP contribution in [-0.2, 0) is 14.8 Å². The molecule has 0 aromatic heterocycles. The first kappa shape index (κ1) is 20.7. The second kappa shape index (κ2) is 8.69. The molecule has 8 heteroatoms. The Labute approximate surface area is 181 Å². The molecule has 1 aliphatic heterocycles. The molecule has 1 aliphatic rings. The van der Waals surface area contributed by atoms with Gasteiger partial charge in [-0.05, 0) is 48.9 Å². The van der Waals surface area contributed by atoms with Crippen molar-refractivity contribution in [1.82, 2.24) is 0 Å². The molecule has 0 aliphatic carbocycles. The van der Waals surface area contributed by atoms with Gasteiger partial charge in [0.15, 0.2) is 5.75 Å². The van der Waals surface area contributed by atoms with E-state index in [-0.39, 0.29) is 10.8 Å². The first-order chi connectivity index (χ1) is 15.0. The van der Waals surface area contributed by atoms with Crippen molar-refractivity contribution in [3.8, 4) is 17.2 Å². The van der Waals surface area contributed by atoms with Gasteiger partial charge in [0.1, 0.15) is 11.5 Å². The molecule has 3 aromatic rings. The van der Waals surface area contributed by atoms with Gasteiger partial charge in [-0.1, -0.05) is 30.3 Å². The van der Waals surface area contributed by atoms with Gasteiger partial charge in [-0.25, -0.2) is 8.42 Å². The van der Waals surface area contributed by atoms with E-state index in [9.17, 15) is 13.2 Å². The highest BCUT2D eigenvalue weighted by molar-refractivity contribution is 7.92. The smallest absolute Gasteiger partial charge is 0.262 e. The van der Waals surface area contributed by atoms with Crippen LogP contribution < -0.4 is 19.1 Å². The third-order valence-corrected chi connectivity index (χ3v) is 6.29. The molecule has 0 spiro atoms. The van der Waals surface area contributed by atoms with Gasteiger partial charge in [-0.3, -0.25) is 9.52 Å². The summed E-state index contributed by atoms with van der Waals surface area (Å²) < 4.78 is 40.1. The Morgan fingerprint density at radius 1 is 0.935 bits per heavy atom. The molecular weight excluding hydrogens is 416 g/mol. The average molecular weight is 439 g/mol. The van der Waals surface area contributed by atoms with Crippen LogP contribution in [0.25, 0.3) is 0 Å². The van der Waals surface area contributed by atoms with Gasteiger partial charge in [-0.15, -0.1) is 0 Å². The minimum atomic E-state index is -3.95. The summed E-state index contributed by atoms with van der Waals surface area (Å²) in [5, 5.41) is 0. The summed E-state index contributed by atoms with van der Waals surface area (Å²) in [5.41, 5.74) is 0.752. The van der Waals surface area contributed by atoms with Crippen LogP contribution in [0.5, 0.6) is 17.2 Å². The van der Waals surface area contributed by atoms with E-state index >= 15 is 0 Å². The molecule has 3 aromatic carbocycles. The van der Waals surface area contributed by atoms with Crippen LogP contribution in [0.4, 0.5) is 11.4 Å². The minimum absolute atomic E-state index is 0.0255. The Balaban J connectivity index is 1.65. The van der Waals surface area contributed by atoms with Crippen molar-refractivity contribution in [3.05, 3.63) is 72.8 Å². The highest BCUT2D eigenvalue weighted by Gasteiger charge is 2.27. The zero-order chi connectivity index (χ0) is 21.8. The molecular formula is C23H22N2O5S. The third kappa shape index (κ3) is 4.49. The second-order valence-electron chi connectivity index (χ2n) is 7.00. The van der Waals surface area contributed by atoms with Gasteiger partial charge in [0.25, 0.3) is 10.0 Å². The number of rotatable bonds is 7. The lowest BCUT2D eigenvalue weighted by Crippen LogP contribution is -2.25. The Morgan fingerprint density at radius 3 is 2.39 bits per heavy atom. The summed E-state index contributed by atoms with van der Waals surface area (Å²) in [6.45, 7) is 0.528. The first-order valence-electron chi connectivity index (χ1n) is 9.81. The molecule has 1 N–H and O–H groups in total. The van der Waals surface area contributed by atoms with E-state index in [1.807, 2.05) is 18.2 Å². The summed E-state index contributed by atoms with van der Waals surface area (Å²) in [6, 6.07) is 20.4. The van der Waals surface area contributed by atoms with E-state index in [0.29, 0.717) is 41.6 Å². The molecule has 7 nitrogen and oxygen atoms in total. The highest BCUT2D eigenvalue weighted by Crippen LogP contribution is 2.35. The van der Waals surface area contributed by atoms with Crippen molar-refractivity contribution in [2.24, 2.45) is 0 Å². The molecule has 160 valence electrons. The zero-order valence-electron chi connectivity index (χ0n) is 16.9. The van der Waals surface area contributed by atoms with Crippen LogP contribution in [0.2, 0.25) is 0 Å². The molecule has 31 heavy (non-hydrogen) atoms. The van der Waals surface area contributed by atoms with Gasteiger partial charge in [0, 0.05) is 13.0 Å². The fraction of sp³-hybridized carbons (Fsp3) is 0.174. The summed E-state index contributed by atoms with van der Waals surface area (Å²) in [7, 11) is -2.46. The number of para-hydroxylation sites is 3. The molecule has 4 rings (SSSR count). The normalized spacial score (nSPS) is 13.8. The Hall–Kier alpha value is -3.52. The number of carbonyl (C=O) groups excluding carboxylic acids is 1. The minimum Gasteiger partial charge on any atom is -0.495 e. The standard InChI is InChI=1S/C23H22N2O5S/c1-29-22-14-13-18(16-20(22)25-15-7-12-23(25)26)31(27,28)24-19-10-5-6-11-21(19)30-17-8-3-2-4-9-17/h2-6,8-11,13-14,16,24H,7,12,15H2,1H3. The number of hydrogen-bond donors (Lipinski definition) is 1. The van der Waals surface area contributed by atoms with Crippen LogP contribution in [-0.4, -0.2) is 28.0 Å². The maximum atomic E-state index is 13.1. The van der Waals surface area contributed by atoms with Gasteiger partial charge < -0.3 is 14.4 Å². The molecule has 0 radical (unpaired) electrons. The van der Waals surface area contributed by atoms with Crippen LogP contribution in [0, 0.1) is 0 Å². The van der Waals surface area contributed by atoms with Gasteiger partial charge in [0.2, 0.25) is 5.91 Å². The van der Waals surface area contributed by atoms with Gasteiger partial charge >= 0.3 is 0 Å². The largest absolute Gasteiger partial charge is 0.495 e. The monoisotopic (exact) mass is 438 g/mol. The van der Waals surface area contributed by atoms with E-state index in [1.165, 1.54) is 19.2 Å². The number of nitrogens with zero attached hydrogens (tertiary/aromatic N) is 1. The summed E-state index contributed by atoms with van der Waals surface area (Å²) in [5.74, 6) is 1.36. The Kier molecular flexibility index (Phi) is 5.81. The molecule has 1 fully saturated rings.